The minimum absolute atomic E-state index is 0.401. The highest BCUT2D eigenvalue weighted by atomic mass is 35.5. The topological polar surface area (TPSA) is 35.0 Å². The predicted molar refractivity (Wildman–Crippen MR) is 38.2 cm³/mol. The number of hydrogen-bond acceptors (Lipinski definition) is 3. The van der Waals surface area contributed by atoms with Gasteiger partial charge in [0.15, 0.2) is 0 Å². The Kier molecular flexibility index (Phi) is 2.45. The van der Waals surface area contributed by atoms with Crippen LogP contribution in [-0.4, -0.2) is 16.6 Å². The highest BCUT2D eigenvalue weighted by Gasteiger charge is 1.93. The van der Waals surface area contributed by atoms with Crippen LogP contribution in [0.5, 0.6) is 5.88 Å². The summed E-state index contributed by atoms with van der Waals surface area (Å²) in [6.07, 6.45) is 1.37. The molecule has 3 nitrogen and oxygen atoms in total. The minimum Gasteiger partial charge on any atom is -0.478 e. The van der Waals surface area contributed by atoms with Crippen molar-refractivity contribution >= 4 is 11.6 Å². The van der Waals surface area contributed by atoms with Gasteiger partial charge in [0.05, 0.1) is 6.61 Å². The van der Waals surface area contributed by atoms with Gasteiger partial charge in [-0.25, -0.2) is 9.97 Å². The summed E-state index contributed by atoms with van der Waals surface area (Å²) in [5.74, 6) is 0.516. The zero-order valence-corrected chi connectivity index (χ0v) is 6.30. The van der Waals surface area contributed by atoms with E-state index in [0.717, 1.165) is 0 Å². The van der Waals surface area contributed by atoms with Crippen LogP contribution in [0.15, 0.2) is 12.4 Å². The lowest BCUT2D eigenvalue weighted by Gasteiger charge is -1.98. The van der Waals surface area contributed by atoms with E-state index < -0.39 is 0 Å². The molecule has 0 atom stereocenters. The number of nitrogens with zero attached hydrogens (tertiary/aromatic N) is 2. The van der Waals surface area contributed by atoms with Crippen LogP contribution in [0.25, 0.3) is 0 Å². The smallest absolute Gasteiger partial charge is 0.217 e. The molecule has 0 amide bonds. The first-order chi connectivity index (χ1) is 4.83. The molecule has 0 aliphatic heterocycles. The molecule has 1 rings (SSSR count). The van der Waals surface area contributed by atoms with E-state index in [0.29, 0.717) is 17.6 Å². The Hall–Kier alpha value is -0.830. The molecular formula is C6H7ClN2O. The fourth-order valence-electron chi connectivity index (χ4n) is 0.544. The summed E-state index contributed by atoms with van der Waals surface area (Å²) in [4.78, 5) is 7.51. The average Bonchev–Trinajstić information content (AvgIpc) is 1.88. The Balaban J connectivity index is 2.75. The normalized spacial score (nSPS) is 9.40. The van der Waals surface area contributed by atoms with E-state index in [2.05, 4.69) is 9.97 Å². The van der Waals surface area contributed by atoms with Crippen molar-refractivity contribution in [3.8, 4) is 5.88 Å². The van der Waals surface area contributed by atoms with Gasteiger partial charge in [-0.05, 0) is 6.92 Å². The van der Waals surface area contributed by atoms with Crippen molar-refractivity contribution < 1.29 is 4.74 Å². The van der Waals surface area contributed by atoms with Gasteiger partial charge in [0.1, 0.15) is 11.5 Å². The van der Waals surface area contributed by atoms with Crippen LogP contribution >= 0.6 is 11.6 Å². The molecule has 1 aromatic rings. The summed E-state index contributed by atoms with van der Waals surface area (Å²) in [7, 11) is 0. The minimum atomic E-state index is 0.401. The number of hydrogen-bond donors (Lipinski definition) is 0. The highest BCUT2D eigenvalue weighted by Crippen LogP contribution is 2.09. The SMILES string of the molecule is CCOc1cc(Cl)ncn1. The number of halogens is 1. The van der Waals surface area contributed by atoms with E-state index >= 15 is 0 Å². The quantitative estimate of drug-likeness (QED) is 0.613. The predicted octanol–water partition coefficient (Wildman–Crippen LogP) is 1.53. The molecule has 0 saturated carbocycles. The van der Waals surface area contributed by atoms with E-state index in [1.807, 2.05) is 6.92 Å². The van der Waals surface area contributed by atoms with E-state index in [1.54, 1.807) is 6.07 Å². The molecule has 54 valence electrons. The molecule has 0 aromatic carbocycles. The molecule has 4 heteroatoms. The molecule has 0 bridgehead atoms. The highest BCUT2D eigenvalue weighted by molar-refractivity contribution is 6.29. The van der Waals surface area contributed by atoms with Crippen LogP contribution in [0.1, 0.15) is 6.92 Å². The third-order valence-corrected chi connectivity index (χ3v) is 1.11. The summed E-state index contributed by atoms with van der Waals surface area (Å²) in [6, 6.07) is 1.57. The first-order valence-electron chi connectivity index (χ1n) is 2.93. The molecule has 0 unspecified atom stereocenters. The molecule has 0 aliphatic rings. The van der Waals surface area contributed by atoms with Crippen molar-refractivity contribution in [2.24, 2.45) is 0 Å². The van der Waals surface area contributed by atoms with Crippen molar-refractivity contribution in [3.63, 3.8) is 0 Å². The van der Waals surface area contributed by atoms with Crippen LogP contribution in [-0.2, 0) is 0 Å². The standard InChI is InChI=1S/C6H7ClN2O/c1-2-10-6-3-5(7)8-4-9-6/h3-4H,2H2,1H3. The third kappa shape index (κ3) is 1.84. The van der Waals surface area contributed by atoms with Gasteiger partial charge < -0.3 is 4.74 Å². The van der Waals surface area contributed by atoms with Gasteiger partial charge in [-0.2, -0.15) is 0 Å². The van der Waals surface area contributed by atoms with Crippen molar-refractivity contribution in [1.29, 1.82) is 0 Å². The molecule has 10 heavy (non-hydrogen) atoms. The molecule has 1 heterocycles. The molecule has 0 N–H and O–H groups in total. The summed E-state index contributed by atoms with van der Waals surface area (Å²) in [6.45, 7) is 2.48. The van der Waals surface area contributed by atoms with Gasteiger partial charge in [0, 0.05) is 6.07 Å². The van der Waals surface area contributed by atoms with Crippen molar-refractivity contribution in [3.05, 3.63) is 17.5 Å². The Morgan fingerprint density at radius 2 is 2.40 bits per heavy atom. The van der Waals surface area contributed by atoms with Crippen LogP contribution in [0, 0.1) is 0 Å². The molecule has 0 saturated heterocycles. The van der Waals surface area contributed by atoms with E-state index in [4.69, 9.17) is 16.3 Å². The van der Waals surface area contributed by atoms with Gasteiger partial charge in [-0.3, -0.25) is 0 Å². The van der Waals surface area contributed by atoms with Crippen LogP contribution in [0.2, 0.25) is 5.15 Å². The van der Waals surface area contributed by atoms with Gasteiger partial charge in [-0.15, -0.1) is 0 Å². The first kappa shape index (κ1) is 7.28. The lowest BCUT2D eigenvalue weighted by molar-refractivity contribution is 0.326. The Morgan fingerprint density at radius 1 is 1.60 bits per heavy atom. The summed E-state index contributed by atoms with van der Waals surface area (Å²) >= 11 is 5.55. The van der Waals surface area contributed by atoms with Crippen molar-refractivity contribution in [2.75, 3.05) is 6.61 Å². The Morgan fingerprint density at radius 3 is 3.00 bits per heavy atom. The van der Waals surface area contributed by atoms with Crippen molar-refractivity contribution in [2.45, 2.75) is 6.92 Å². The monoisotopic (exact) mass is 158 g/mol. The Bertz CT molecular complexity index is 217. The van der Waals surface area contributed by atoms with Gasteiger partial charge >= 0.3 is 0 Å². The second kappa shape index (κ2) is 3.37. The number of ether oxygens (including phenoxy) is 1. The summed E-state index contributed by atoms with van der Waals surface area (Å²) < 4.78 is 5.05. The summed E-state index contributed by atoms with van der Waals surface area (Å²) in [5.41, 5.74) is 0. The number of aromatic nitrogens is 2. The number of rotatable bonds is 2. The van der Waals surface area contributed by atoms with Crippen LogP contribution in [0.3, 0.4) is 0 Å². The first-order valence-corrected chi connectivity index (χ1v) is 3.31. The zero-order valence-electron chi connectivity index (χ0n) is 5.54. The molecule has 0 aliphatic carbocycles. The maximum absolute atomic E-state index is 5.55. The Labute approximate surface area is 64.0 Å². The maximum atomic E-state index is 5.55. The lowest BCUT2D eigenvalue weighted by Crippen LogP contribution is -1.94. The van der Waals surface area contributed by atoms with Gasteiger partial charge in [0.25, 0.3) is 0 Å². The van der Waals surface area contributed by atoms with Crippen molar-refractivity contribution in [1.82, 2.24) is 9.97 Å². The fraction of sp³-hybridized carbons (Fsp3) is 0.333. The summed E-state index contributed by atoms with van der Waals surface area (Å²) in [5, 5.41) is 0.401. The third-order valence-electron chi connectivity index (χ3n) is 0.901. The largest absolute Gasteiger partial charge is 0.478 e. The van der Waals surface area contributed by atoms with E-state index in [9.17, 15) is 0 Å². The van der Waals surface area contributed by atoms with Gasteiger partial charge in [-0.1, -0.05) is 11.6 Å². The van der Waals surface area contributed by atoms with Crippen LogP contribution in [0.4, 0.5) is 0 Å². The fourth-order valence-corrected chi connectivity index (χ4v) is 0.681. The lowest BCUT2D eigenvalue weighted by atomic mass is 10.6. The molecule has 0 fully saturated rings. The maximum Gasteiger partial charge on any atom is 0.217 e. The van der Waals surface area contributed by atoms with Gasteiger partial charge in [0.2, 0.25) is 5.88 Å². The van der Waals surface area contributed by atoms with E-state index in [1.165, 1.54) is 6.33 Å². The van der Waals surface area contributed by atoms with E-state index in [-0.39, 0.29) is 0 Å². The average molecular weight is 159 g/mol. The zero-order chi connectivity index (χ0) is 7.40. The molecule has 0 spiro atoms. The molecular weight excluding hydrogens is 152 g/mol. The second-order valence-electron chi connectivity index (χ2n) is 1.61. The van der Waals surface area contributed by atoms with Crippen LogP contribution < -0.4 is 4.74 Å². The second-order valence-corrected chi connectivity index (χ2v) is 2.00. The molecule has 0 radical (unpaired) electrons. The molecule has 1 aromatic heterocycles.